The Morgan fingerprint density at radius 3 is 1.84 bits per heavy atom. The number of ether oxygens (including phenoxy) is 2. The standard InChI is InChI=1S/C46H75O11P/c1-3-5-7-9-11-13-15-17-18-20-22-24-26-28-32-36-45(50)54-40-44(41-56-58(52,53)55-39-43(49)38-47)57-46(51)37-33-29-31-35-42(48)34-30-27-25-23-21-19-16-14-12-10-8-6-4-2/h6,8,12-15,17-19,21,25,27,29-31,34,42-44,47-49H,3-5,7,9-11,16,20,22-24,26,28,32-33,35-41H2,1-2H3,(H,52,53)/b8-6-,14-12-,15-13-,18-17-,21-19-,27-25-,31-29-,34-30-/t42?,43-,44+/m0/s1. The summed E-state index contributed by atoms with van der Waals surface area (Å²) >= 11 is 0. The number of phosphoric ester groups is 1. The highest BCUT2D eigenvalue weighted by molar-refractivity contribution is 7.47. The van der Waals surface area contributed by atoms with Gasteiger partial charge in [0, 0.05) is 12.8 Å². The highest BCUT2D eigenvalue weighted by atomic mass is 31.2. The molecule has 330 valence electrons. The van der Waals surface area contributed by atoms with Crippen molar-refractivity contribution in [3.8, 4) is 0 Å². The summed E-state index contributed by atoms with van der Waals surface area (Å²) in [5.41, 5.74) is 0. The SMILES string of the molecule is CC/C=C\C/C=C\C/C=C\C/C=C\C=C/C(O)C/C=C\CCC(=O)O[C@H](COC(=O)CCCCCCC/C=C\C=C/CCCCCC)COP(=O)(O)OC[C@@H](O)CO. The quantitative estimate of drug-likeness (QED) is 0.0154. The van der Waals surface area contributed by atoms with Crippen molar-refractivity contribution >= 4 is 19.8 Å². The van der Waals surface area contributed by atoms with Gasteiger partial charge in [-0.05, 0) is 70.6 Å². The number of hydrogen-bond donors (Lipinski definition) is 4. The minimum absolute atomic E-state index is 0.0313. The van der Waals surface area contributed by atoms with Crippen LogP contribution < -0.4 is 0 Å². The smallest absolute Gasteiger partial charge is 0.462 e. The van der Waals surface area contributed by atoms with Crippen molar-refractivity contribution in [3.63, 3.8) is 0 Å². The third kappa shape index (κ3) is 39.7. The summed E-state index contributed by atoms with van der Waals surface area (Å²) in [6, 6.07) is 0. The molecule has 0 aromatic carbocycles. The lowest BCUT2D eigenvalue weighted by atomic mass is 10.1. The van der Waals surface area contributed by atoms with Crippen LogP contribution in [0.4, 0.5) is 0 Å². The summed E-state index contributed by atoms with van der Waals surface area (Å²) < 4.78 is 32.5. The molecule has 0 saturated carbocycles. The molecule has 0 bridgehead atoms. The highest BCUT2D eigenvalue weighted by Crippen LogP contribution is 2.43. The number of hydrogen-bond acceptors (Lipinski definition) is 10. The summed E-state index contributed by atoms with van der Waals surface area (Å²) in [7, 11) is -4.68. The second kappa shape index (κ2) is 40.6. The van der Waals surface area contributed by atoms with Gasteiger partial charge in [-0.25, -0.2) is 4.57 Å². The molecule has 4 atom stereocenters. The zero-order valence-corrected chi connectivity index (χ0v) is 36.2. The lowest BCUT2D eigenvalue weighted by Gasteiger charge is -2.20. The number of carbonyl (C=O) groups is 2. The molecule has 0 spiro atoms. The first-order chi connectivity index (χ1) is 28.1. The van der Waals surface area contributed by atoms with Crippen molar-refractivity contribution in [1.82, 2.24) is 0 Å². The summed E-state index contributed by atoms with van der Waals surface area (Å²) in [5.74, 6) is -1.13. The van der Waals surface area contributed by atoms with Gasteiger partial charge in [0.25, 0.3) is 0 Å². The van der Waals surface area contributed by atoms with Gasteiger partial charge in [-0.1, -0.05) is 150 Å². The molecule has 0 aliphatic heterocycles. The first-order valence-corrected chi connectivity index (χ1v) is 22.8. The number of esters is 2. The zero-order valence-electron chi connectivity index (χ0n) is 35.3. The van der Waals surface area contributed by atoms with Crippen molar-refractivity contribution in [2.24, 2.45) is 0 Å². The Morgan fingerprint density at radius 2 is 1.19 bits per heavy atom. The minimum atomic E-state index is -4.68. The molecular weight excluding hydrogens is 759 g/mol. The molecular formula is C46H75O11P. The Kier molecular flexibility index (Phi) is 38.4. The van der Waals surface area contributed by atoms with Gasteiger partial charge in [0.1, 0.15) is 12.7 Å². The lowest BCUT2D eigenvalue weighted by Crippen LogP contribution is -2.29. The number of allylic oxidation sites excluding steroid dienone is 14. The molecule has 0 radical (unpaired) electrons. The summed E-state index contributed by atoms with van der Waals surface area (Å²) in [4.78, 5) is 35.0. The molecule has 0 saturated heterocycles. The van der Waals surface area contributed by atoms with Gasteiger partial charge >= 0.3 is 19.8 Å². The third-order valence-electron chi connectivity index (χ3n) is 8.34. The van der Waals surface area contributed by atoms with Crippen LogP contribution in [-0.4, -0.2) is 76.9 Å². The molecule has 11 nitrogen and oxygen atoms in total. The van der Waals surface area contributed by atoms with E-state index in [2.05, 4.69) is 79.1 Å². The fourth-order valence-electron chi connectivity index (χ4n) is 5.03. The van der Waals surface area contributed by atoms with Gasteiger partial charge in [0.15, 0.2) is 6.10 Å². The van der Waals surface area contributed by atoms with Gasteiger partial charge in [-0.2, -0.15) is 0 Å². The van der Waals surface area contributed by atoms with Gasteiger partial charge in [0.2, 0.25) is 0 Å². The van der Waals surface area contributed by atoms with E-state index in [9.17, 15) is 29.3 Å². The largest absolute Gasteiger partial charge is 0.472 e. The Hall–Kier alpha value is -3.15. The van der Waals surface area contributed by atoms with E-state index in [4.69, 9.17) is 19.1 Å². The fourth-order valence-corrected chi connectivity index (χ4v) is 5.82. The average molecular weight is 835 g/mol. The van der Waals surface area contributed by atoms with Crippen molar-refractivity contribution in [1.29, 1.82) is 0 Å². The molecule has 12 heteroatoms. The van der Waals surface area contributed by atoms with Crippen LogP contribution >= 0.6 is 7.82 Å². The number of phosphoric acid groups is 1. The molecule has 4 N–H and O–H groups in total. The molecule has 0 aliphatic rings. The van der Waals surface area contributed by atoms with Gasteiger partial charge in [0.05, 0.1) is 25.9 Å². The van der Waals surface area contributed by atoms with Crippen molar-refractivity contribution in [2.75, 3.05) is 26.4 Å². The van der Waals surface area contributed by atoms with E-state index in [-0.39, 0.29) is 12.8 Å². The number of aliphatic hydroxyl groups excluding tert-OH is 3. The third-order valence-corrected chi connectivity index (χ3v) is 9.29. The molecule has 0 amide bonds. The van der Waals surface area contributed by atoms with Crippen LogP contribution in [0.5, 0.6) is 0 Å². The van der Waals surface area contributed by atoms with E-state index in [0.29, 0.717) is 19.3 Å². The minimum Gasteiger partial charge on any atom is -0.462 e. The fraction of sp³-hybridized carbons (Fsp3) is 0.609. The van der Waals surface area contributed by atoms with E-state index in [0.717, 1.165) is 64.2 Å². The molecule has 58 heavy (non-hydrogen) atoms. The Morgan fingerprint density at radius 1 is 0.603 bits per heavy atom. The van der Waals surface area contributed by atoms with Crippen LogP contribution in [0.1, 0.15) is 136 Å². The maximum absolute atomic E-state index is 12.6. The van der Waals surface area contributed by atoms with Crippen molar-refractivity contribution < 1.29 is 52.9 Å². The van der Waals surface area contributed by atoms with Crippen LogP contribution in [0.2, 0.25) is 0 Å². The van der Waals surface area contributed by atoms with Crippen LogP contribution in [0, 0.1) is 0 Å². The van der Waals surface area contributed by atoms with E-state index >= 15 is 0 Å². The predicted molar refractivity (Wildman–Crippen MR) is 234 cm³/mol. The number of carbonyl (C=O) groups excluding carboxylic acids is 2. The first kappa shape index (κ1) is 54.9. The average Bonchev–Trinajstić information content (AvgIpc) is 3.21. The first-order valence-electron chi connectivity index (χ1n) is 21.3. The van der Waals surface area contributed by atoms with Crippen LogP contribution in [0.25, 0.3) is 0 Å². The molecule has 0 aliphatic carbocycles. The normalized spacial score (nSPS) is 15.3. The molecule has 0 heterocycles. The van der Waals surface area contributed by atoms with Crippen molar-refractivity contribution in [2.45, 2.75) is 154 Å². The molecule has 0 fully saturated rings. The number of aliphatic hydroxyl groups is 3. The highest BCUT2D eigenvalue weighted by Gasteiger charge is 2.27. The van der Waals surface area contributed by atoms with E-state index in [1.807, 2.05) is 12.2 Å². The zero-order chi connectivity index (χ0) is 42.8. The topological polar surface area (TPSA) is 169 Å². The van der Waals surface area contributed by atoms with E-state index < -0.39 is 64.5 Å². The molecule has 0 rings (SSSR count). The number of unbranched alkanes of at least 4 members (excludes halogenated alkanes) is 9. The summed E-state index contributed by atoms with van der Waals surface area (Å²) in [6.07, 6.45) is 45.5. The summed E-state index contributed by atoms with van der Waals surface area (Å²) in [6.45, 7) is 1.99. The second-order valence-corrected chi connectivity index (χ2v) is 15.3. The Labute approximate surface area is 349 Å². The van der Waals surface area contributed by atoms with E-state index in [1.165, 1.54) is 25.7 Å². The molecule has 0 aromatic rings. The Bertz CT molecular complexity index is 1300. The van der Waals surface area contributed by atoms with Crippen LogP contribution in [0.3, 0.4) is 0 Å². The van der Waals surface area contributed by atoms with Gasteiger partial charge in [-0.3, -0.25) is 18.6 Å². The van der Waals surface area contributed by atoms with Crippen molar-refractivity contribution in [3.05, 3.63) is 97.2 Å². The molecule has 2 unspecified atom stereocenters. The maximum Gasteiger partial charge on any atom is 0.472 e. The second-order valence-electron chi connectivity index (χ2n) is 13.9. The van der Waals surface area contributed by atoms with Crippen LogP contribution in [0.15, 0.2) is 97.2 Å². The maximum atomic E-state index is 12.6. The lowest BCUT2D eigenvalue weighted by molar-refractivity contribution is -0.161. The predicted octanol–water partition coefficient (Wildman–Crippen LogP) is 10.2. The summed E-state index contributed by atoms with van der Waals surface area (Å²) in [5, 5.41) is 28.5. The van der Waals surface area contributed by atoms with Gasteiger partial charge < -0.3 is 29.7 Å². The van der Waals surface area contributed by atoms with Gasteiger partial charge in [-0.15, -0.1) is 0 Å². The monoisotopic (exact) mass is 835 g/mol. The number of rotatable bonds is 38. The molecule has 0 aromatic heterocycles. The Balaban J connectivity index is 4.59. The van der Waals surface area contributed by atoms with E-state index in [1.54, 1.807) is 24.3 Å². The van der Waals surface area contributed by atoms with Crippen LogP contribution in [-0.2, 0) is 32.7 Å².